The molecular formula is C7H5Cl2F3N2. The van der Waals surface area contributed by atoms with E-state index < -0.39 is 34.2 Å². The summed E-state index contributed by atoms with van der Waals surface area (Å²) in [4.78, 5) is 3.21. The van der Waals surface area contributed by atoms with Gasteiger partial charge in [0.25, 0.3) is 5.92 Å². The monoisotopic (exact) mass is 244 g/mol. The van der Waals surface area contributed by atoms with E-state index in [9.17, 15) is 13.2 Å². The lowest BCUT2D eigenvalue weighted by molar-refractivity contribution is 0.00542. The second-order valence-corrected chi connectivity index (χ2v) is 3.22. The molecule has 0 atom stereocenters. The number of alkyl halides is 2. The van der Waals surface area contributed by atoms with Crippen LogP contribution in [-0.4, -0.2) is 11.5 Å². The lowest BCUT2D eigenvalue weighted by atomic mass is 10.1. The first kappa shape index (κ1) is 11.6. The minimum absolute atomic E-state index is 0.532. The fourth-order valence-electron chi connectivity index (χ4n) is 0.812. The number of hydrogen-bond acceptors (Lipinski definition) is 2. The van der Waals surface area contributed by atoms with Crippen LogP contribution >= 0.6 is 23.2 Å². The first-order chi connectivity index (χ1) is 6.38. The van der Waals surface area contributed by atoms with E-state index in [1.165, 1.54) is 0 Å². The Hall–Kier alpha value is -0.520. The molecule has 78 valence electrons. The molecule has 2 nitrogen and oxygen atoms in total. The minimum Gasteiger partial charge on any atom is -0.325 e. The summed E-state index contributed by atoms with van der Waals surface area (Å²) >= 11 is 10.6. The number of nitrogens with two attached hydrogens (primary N) is 1. The Balaban J connectivity index is 3.29. The summed E-state index contributed by atoms with van der Waals surface area (Å²) in [7, 11) is 0. The van der Waals surface area contributed by atoms with Crippen LogP contribution in [0.2, 0.25) is 10.3 Å². The molecule has 14 heavy (non-hydrogen) atoms. The Labute approximate surface area is 87.8 Å². The van der Waals surface area contributed by atoms with Gasteiger partial charge in [-0.25, -0.2) is 9.37 Å². The Bertz CT molecular complexity index is 357. The molecule has 0 bridgehead atoms. The molecule has 0 fully saturated rings. The molecule has 0 saturated heterocycles. The van der Waals surface area contributed by atoms with E-state index in [0.29, 0.717) is 6.07 Å². The molecule has 0 spiro atoms. The summed E-state index contributed by atoms with van der Waals surface area (Å²) in [5, 5.41) is -1.10. The van der Waals surface area contributed by atoms with Gasteiger partial charge in [0.05, 0.1) is 12.1 Å². The van der Waals surface area contributed by atoms with E-state index >= 15 is 0 Å². The summed E-state index contributed by atoms with van der Waals surface area (Å²) in [6.45, 7) is -0.977. The van der Waals surface area contributed by atoms with Crippen molar-refractivity contribution in [3.63, 3.8) is 0 Å². The standard InChI is InChI=1S/C7H5Cl2F3N2/c8-5-3(7(11,12)2-13)1-4(10)6(9)14-5/h1H,2,13H2. The Morgan fingerprint density at radius 1 is 1.36 bits per heavy atom. The first-order valence-electron chi connectivity index (χ1n) is 3.48. The van der Waals surface area contributed by atoms with Crippen molar-refractivity contribution < 1.29 is 13.2 Å². The second-order valence-electron chi connectivity index (χ2n) is 2.51. The maximum absolute atomic E-state index is 13.0. The van der Waals surface area contributed by atoms with Gasteiger partial charge in [-0.2, -0.15) is 8.78 Å². The number of hydrogen-bond donors (Lipinski definition) is 1. The highest BCUT2D eigenvalue weighted by Crippen LogP contribution is 2.33. The van der Waals surface area contributed by atoms with E-state index in [4.69, 9.17) is 28.9 Å². The topological polar surface area (TPSA) is 38.9 Å². The summed E-state index contributed by atoms with van der Waals surface area (Å²) in [5.41, 5.74) is 4.04. The summed E-state index contributed by atoms with van der Waals surface area (Å²) in [6, 6.07) is 0.532. The van der Waals surface area contributed by atoms with Crippen molar-refractivity contribution in [1.29, 1.82) is 0 Å². The van der Waals surface area contributed by atoms with Gasteiger partial charge in [0, 0.05) is 0 Å². The zero-order chi connectivity index (χ0) is 10.9. The number of pyridine rings is 1. The van der Waals surface area contributed by atoms with Gasteiger partial charge in [-0.1, -0.05) is 23.2 Å². The zero-order valence-corrected chi connectivity index (χ0v) is 8.21. The summed E-state index contributed by atoms with van der Waals surface area (Å²) < 4.78 is 38.8. The summed E-state index contributed by atoms with van der Waals surface area (Å²) in [5.74, 6) is -4.46. The Morgan fingerprint density at radius 3 is 2.43 bits per heavy atom. The molecular weight excluding hydrogens is 240 g/mol. The number of nitrogens with zero attached hydrogens (tertiary/aromatic N) is 1. The third kappa shape index (κ3) is 2.10. The van der Waals surface area contributed by atoms with E-state index in [1.807, 2.05) is 0 Å². The molecule has 0 aromatic carbocycles. The number of rotatable bonds is 2. The van der Waals surface area contributed by atoms with E-state index in [0.717, 1.165) is 0 Å². The second kappa shape index (κ2) is 3.92. The predicted octanol–water partition coefficient (Wildman–Crippen LogP) is 2.58. The molecule has 2 N–H and O–H groups in total. The largest absolute Gasteiger partial charge is 0.325 e. The normalized spacial score (nSPS) is 11.9. The van der Waals surface area contributed by atoms with Crippen LogP contribution in [0.5, 0.6) is 0 Å². The quantitative estimate of drug-likeness (QED) is 0.813. The smallest absolute Gasteiger partial charge is 0.288 e. The van der Waals surface area contributed by atoms with Crippen LogP contribution in [0, 0.1) is 5.82 Å². The molecule has 0 aliphatic heterocycles. The van der Waals surface area contributed by atoms with Crippen LogP contribution in [0.4, 0.5) is 13.2 Å². The molecule has 7 heteroatoms. The van der Waals surface area contributed by atoms with Gasteiger partial charge >= 0.3 is 0 Å². The molecule has 1 heterocycles. The van der Waals surface area contributed by atoms with Gasteiger partial charge in [0.15, 0.2) is 11.0 Å². The Morgan fingerprint density at radius 2 is 1.93 bits per heavy atom. The molecule has 1 rings (SSSR count). The van der Waals surface area contributed by atoms with E-state index in [-0.39, 0.29) is 0 Å². The van der Waals surface area contributed by atoms with Crippen molar-refractivity contribution in [1.82, 2.24) is 4.98 Å². The molecule has 0 unspecified atom stereocenters. The van der Waals surface area contributed by atoms with Crippen molar-refractivity contribution in [2.24, 2.45) is 5.73 Å². The maximum atomic E-state index is 13.0. The van der Waals surface area contributed by atoms with Crippen LogP contribution < -0.4 is 5.73 Å². The van der Waals surface area contributed by atoms with Crippen LogP contribution in [0.15, 0.2) is 6.07 Å². The lowest BCUT2D eigenvalue weighted by Crippen LogP contribution is -2.26. The van der Waals surface area contributed by atoms with Gasteiger partial charge in [-0.3, -0.25) is 0 Å². The van der Waals surface area contributed by atoms with Gasteiger partial charge in [0.1, 0.15) is 5.15 Å². The van der Waals surface area contributed by atoms with Crippen LogP contribution in [0.25, 0.3) is 0 Å². The molecule has 1 aromatic heterocycles. The third-order valence-electron chi connectivity index (χ3n) is 1.54. The van der Waals surface area contributed by atoms with Gasteiger partial charge in [-0.05, 0) is 6.07 Å². The predicted molar refractivity (Wildman–Crippen MR) is 47.2 cm³/mol. The summed E-state index contributed by atoms with van der Waals surface area (Å²) in [6.07, 6.45) is 0. The van der Waals surface area contributed by atoms with Crippen LogP contribution in [-0.2, 0) is 5.92 Å². The van der Waals surface area contributed by atoms with E-state index in [2.05, 4.69) is 4.98 Å². The van der Waals surface area contributed by atoms with Crippen molar-refractivity contribution in [2.45, 2.75) is 5.92 Å². The number of aromatic nitrogens is 1. The van der Waals surface area contributed by atoms with Crippen LogP contribution in [0.3, 0.4) is 0 Å². The van der Waals surface area contributed by atoms with E-state index in [1.54, 1.807) is 0 Å². The minimum atomic E-state index is -3.41. The molecule has 0 saturated carbocycles. The fourth-order valence-corrected chi connectivity index (χ4v) is 1.27. The van der Waals surface area contributed by atoms with Crippen molar-refractivity contribution in [2.75, 3.05) is 6.54 Å². The highest BCUT2D eigenvalue weighted by atomic mass is 35.5. The molecule has 1 aromatic rings. The third-order valence-corrected chi connectivity index (χ3v) is 2.09. The molecule has 0 aliphatic rings. The lowest BCUT2D eigenvalue weighted by Gasteiger charge is -2.15. The van der Waals surface area contributed by atoms with Gasteiger partial charge < -0.3 is 5.73 Å². The van der Waals surface area contributed by atoms with Crippen molar-refractivity contribution >= 4 is 23.2 Å². The van der Waals surface area contributed by atoms with Crippen molar-refractivity contribution in [3.8, 4) is 0 Å². The first-order valence-corrected chi connectivity index (χ1v) is 4.24. The average Bonchev–Trinajstić information content (AvgIpc) is 2.11. The van der Waals surface area contributed by atoms with Crippen molar-refractivity contribution in [3.05, 3.63) is 27.8 Å². The highest BCUT2D eigenvalue weighted by molar-refractivity contribution is 6.33. The van der Waals surface area contributed by atoms with Crippen LogP contribution in [0.1, 0.15) is 5.56 Å². The molecule has 0 radical (unpaired) electrons. The number of halogens is 5. The van der Waals surface area contributed by atoms with Gasteiger partial charge in [-0.15, -0.1) is 0 Å². The maximum Gasteiger partial charge on any atom is 0.288 e. The molecule has 0 amide bonds. The zero-order valence-electron chi connectivity index (χ0n) is 6.70. The molecule has 0 aliphatic carbocycles. The fraction of sp³-hybridized carbons (Fsp3) is 0.286. The Kier molecular flexibility index (Phi) is 3.24. The SMILES string of the molecule is NCC(F)(F)c1cc(F)c(Cl)nc1Cl. The van der Waals surface area contributed by atoms with Gasteiger partial charge in [0.2, 0.25) is 0 Å². The average molecular weight is 245 g/mol. The highest BCUT2D eigenvalue weighted by Gasteiger charge is 2.33.